The number of carbonyl (C=O) groups excluding carboxylic acids is 2. The van der Waals surface area contributed by atoms with E-state index in [1.54, 1.807) is 0 Å². The average molecular weight is 247 g/mol. The van der Waals surface area contributed by atoms with Gasteiger partial charge in [0, 0.05) is 6.42 Å². The van der Waals surface area contributed by atoms with Gasteiger partial charge in [0.05, 0.1) is 6.10 Å². The van der Waals surface area contributed by atoms with Crippen LogP contribution in [0.25, 0.3) is 0 Å². The predicted molar refractivity (Wildman–Crippen MR) is 57.7 cm³/mol. The minimum Gasteiger partial charge on any atom is -0.481 e. The number of nitrogens with two attached hydrogens (primary N) is 2. The molecule has 0 bridgehead atoms. The number of aliphatic hydroxyl groups is 1. The first-order chi connectivity index (χ1) is 7.75. The summed E-state index contributed by atoms with van der Waals surface area (Å²) >= 11 is 0. The fourth-order valence-electron chi connectivity index (χ4n) is 1.04. The maximum Gasteiger partial charge on any atom is 0.303 e. The van der Waals surface area contributed by atoms with Crippen molar-refractivity contribution in [1.82, 2.24) is 5.32 Å². The molecule has 0 aromatic rings. The summed E-state index contributed by atoms with van der Waals surface area (Å²) in [6.45, 7) is 1.32. The van der Waals surface area contributed by atoms with Gasteiger partial charge in [-0.3, -0.25) is 14.4 Å². The van der Waals surface area contributed by atoms with Crippen molar-refractivity contribution >= 4 is 17.8 Å². The van der Waals surface area contributed by atoms with Crippen LogP contribution in [0.15, 0.2) is 0 Å². The molecule has 0 aliphatic heterocycles. The Kier molecular flexibility index (Phi) is 6.15. The Balaban J connectivity index is 4.39. The van der Waals surface area contributed by atoms with Crippen molar-refractivity contribution in [1.29, 1.82) is 0 Å². The minimum atomic E-state index is -1.19. The van der Waals surface area contributed by atoms with Crippen molar-refractivity contribution in [2.45, 2.75) is 38.0 Å². The molecule has 8 nitrogen and oxygen atoms in total. The molecular formula is C9H17N3O5. The average Bonchev–Trinajstić information content (AvgIpc) is 2.21. The molecule has 0 aromatic carbocycles. The maximum absolute atomic E-state index is 11.4. The van der Waals surface area contributed by atoms with Crippen LogP contribution in [-0.4, -0.2) is 46.2 Å². The van der Waals surface area contributed by atoms with Gasteiger partial charge in [-0.2, -0.15) is 0 Å². The maximum atomic E-state index is 11.4. The van der Waals surface area contributed by atoms with E-state index >= 15 is 0 Å². The number of carboxylic acid groups (broad SMARTS) is 1. The molecule has 8 heteroatoms. The lowest BCUT2D eigenvalue weighted by Gasteiger charge is -2.19. The SMILES string of the molecule is C[C@@H](O)[C@H](N)C(=O)N[C@@H](CCC(=O)O)C(N)=O. The number of aliphatic carboxylic acids is 1. The summed E-state index contributed by atoms with van der Waals surface area (Å²) in [5.41, 5.74) is 10.3. The van der Waals surface area contributed by atoms with E-state index in [0.29, 0.717) is 0 Å². The highest BCUT2D eigenvalue weighted by Gasteiger charge is 2.24. The predicted octanol–water partition coefficient (Wildman–Crippen LogP) is -2.47. The molecule has 7 N–H and O–H groups in total. The summed E-state index contributed by atoms with van der Waals surface area (Å²) in [7, 11) is 0. The van der Waals surface area contributed by atoms with Gasteiger partial charge in [-0.05, 0) is 13.3 Å². The molecule has 0 heterocycles. The molecule has 0 radical (unpaired) electrons. The molecule has 98 valence electrons. The van der Waals surface area contributed by atoms with Crippen molar-refractivity contribution in [2.75, 3.05) is 0 Å². The molecule has 17 heavy (non-hydrogen) atoms. The Hall–Kier alpha value is -1.67. The quantitative estimate of drug-likeness (QED) is 0.335. The van der Waals surface area contributed by atoms with Crippen LogP contribution in [0.1, 0.15) is 19.8 Å². The van der Waals surface area contributed by atoms with E-state index in [0.717, 1.165) is 0 Å². The molecule has 0 rings (SSSR count). The van der Waals surface area contributed by atoms with Crippen LogP contribution in [0.3, 0.4) is 0 Å². The molecule has 2 amide bonds. The van der Waals surface area contributed by atoms with Gasteiger partial charge in [-0.15, -0.1) is 0 Å². The van der Waals surface area contributed by atoms with Crippen molar-refractivity contribution in [3.63, 3.8) is 0 Å². The van der Waals surface area contributed by atoms with Crippen LogP contribution in [-0.2, 0) is 14.4 Å². The largest absolute Gasteiger partial charge is 0.481 e. The molecule has 0 unspecified atom stereocenters. The van der Waals surface area contributed by atoms with Crippen LogP contribution in [0.4, 0.5) is 0 Å². The monoisotopic (exact) mass is 247 g/mol. The standard InChI is InChI=1S/C9H17N3O5/c1-4(13)7(10)9(17)12-5(8(11)16)2-3-6(14)15/h4-5,7,13H,2-3,10H2,1H3,(H2,11,16)(H,12,17)(H,14,15)/t4-,5+,7+/m1/s1. The Morgan fingerprint density at radius 3 is 2.24 bits per heavy atom. The lowest BCUT2D eigenvalue weighted by molar-refractivity contribution is -0.138. The normalized spacial score (nSPS) is 15.7. The zero-order chi connectivity index (χ0) is 13.6. The van der Waals surface area contributed by atoms with Crippen LogP contribution < -0.4 is 16.8 Å². The first kappa shape index (κ1) is 15.3. The zero-order valence-corrected chi connectivity index (χ0v) is 9.42. The Labute approximate surface area is 98.0 Å². The first-order valence-corrected chi connectivity index (χ1v) is 5.00. The summed E-state index contributed by atoms with van der Waals surface area (Å²) in [4.78, 5) is 32.7. The highest BCUT2D eigenvalue weighted by molar-refractivity contribution is 5.89. The van der Waals surface area contributed by atoms with Crippen molar-refractivity contribution < 1.29 is 24.6 Å². The molecule has 3 atom stereocenters. The molecule has 0 fully saturated rings. The fraction of sp³-hybridized carbons (Fsp3) is 0.667. The van der Waals surface area contributed by atoms with E-state index in [9.17, 15) is 14.4 Å². The highest BCUT2D eigenvalue weighted by Crippen LogP contribution is 1.99. The molecule has 0 aromatic heterocycles. The van der Waals surface area contributed by atoms with Gasteiger partial charge in [0.1, 0.15) is 12.1 Å². The van der Waals surface area contributed by atoms with Gasteiger partial charge in [0.2, 0.25) is 11.8 Å². The second kappa shape index (κ2) is 6.81. The van der Waals surface area contributed by atoms with Crippen LogP contribution >= 0.6 is 0 Å². The van der Waals surface area contributed by atoms with Gasteiger partial charge in [0.25, 0.3) is 0 Å². The van der Waals surface area contributed by atoms with Crippen LogP contribution in [0.2, 0.25) is 0 Å². The summed E-state index contributed by atoms with van der Waals surface area (Å²) in [5, 5.41) is 19.7. The number of rotatable bonds is 7. The van der Waals surface area contributed by atoms with Crippen molar-refractivity contribution in [3.8, 4) is 0 Å². The van der Waals surface area contributed by atoms with Crippen LogP contribution in [0, 0.1) is 0 Å². The number of hydrogen-bond donors (Lipinski definition) is 5. The van der Waals surface area contributed by atoms with E-state index in [2.05, 4.69) is 5.32 Å². The summed E-state index contributed by atoms with van der Waals surface area (Å²) in [6.07, 6.45) is -1.51. The topological polar surface area (TPSA) is 156 Å². The smallest absolute Gasteiger partial charge is 0.303 e. The third-order valence-corrected chi connectivity index (χ3v) is 2.13. The third kappa shape index (κ3) is 5.83. The number of hydrogen-bond acceptors (Lipinski definition) is 5. The van der Waals surface area contributed by atoms with Gasteiger partial charge >= 0.3 is 5.97 Å². The van der Waals surface area contributed by atoms with Gasteiger partial charge in [-0.1, -0.05) is 0 Å². The Bertz CT molecular complexity index is 305. The number of carbonyl (C=O) groups is 3. The van der Waals surface area contributed by atoms with Crippen LogP contribution in [0.5, 0.6) is 0 Å². The van der Waals surface area contributed by atoms with Crippen molar-refractivity contribution in [2.24, 2.45) is 11.5 Å². The van der Waals surface area contributed by atoms with E-state index < -0.39 is 36.0 Å². The number of amides is 2. The Morgan fingerprint density at radius 2 is 1.88 bits per heavy atom. The van der Waals surface area contributed by atoms with Gasteiger partial charge in [0.15, 0.2) is 0 Å². The molecule has 0 saturated heterocycles. The number of carboxylic acids is 1. The van der Waals surface area contributed by atoms with Crippen molar-refractivity contribution in [3.05, 3.63) is 0 Å². The summed E-state index contributed by atoms with van der Waals surface area (Å²) in [6, 6.07) is -2.30. The third-order valence-electron chi connectivity index (χ3n) is 2.13. The zero-order valence-electron chi connectivity index (χ0n) is 9.42. The lowest BCUT2D eigenvalue weighted by Crippen LogP contribution is -2.53. The second-order valence-corrected chi connectivity index (χ2v) is 3.66. The van der Waals surface area contributed by atoms with E-state index in [4.69, 9.17) is 21.7 Å². The lowest BCUT2D eigenvalue weighted by atomic mass is 10.1. The van der Waals surface area contributed by atoms with E-state index in [1.807, 2.05) is 0 Å². The number of primary amides is 1. The number of nitrogens with one attached hydrogen (secondary N) is 1. The molecule has 0 saturated carbocycles. The first-order valence-electron chi connectivity index (χ1n) is 5.00. The van der Waals surface area contributed by atoms with E-state index in [-0.39, 0.29) is 12.8 Å². The molecule has 0 aliphatic rings. The molecule has 0 spiro atoms. The van der Waals surface area contributed by atoms with E-state index in [1.165, 1.54) is 6.92 Å². The minimum absolute atomic E-state index is 0.122. The van der Waals surface area contributed by atoms with Gasteiger partial charge < -0.3 is 27.0 Å². The number of aliphatic hydroxyl groups excluding tert-OH is 1. The van der Waals surface area contributed by atoms with Gasteiger partial charge in [-0.25, -0.2) is 0 Å². The molecular weight excluding hydrogens is 230 g/mol. The fourth-order valence-corrected chi connectivity index (χ4v) is 1.04. The summed E-state index contributed by atoms with van der Waals surface area (Å²) in [5.74, 6) is -2.71. The highest BCUT2D eigenvalue weighted by atomic mass is 16.4. The molecule has 0 aliphatic carbocycles. The Morgan fingerprint density at radius 1 is 1.35 bits per heavy atom. The second-order valence-electron chi connectivity index (χ2n) is 3.66. The summed E-state index contributed by atoms with van der Waals surface area (Å²) < 4.78 is 0.